The number of pyridine rings is 1. The standard InChI is InChI=1S/C23H19FN6/c24-19-5-2-6-20-21(19)29-23(28-20)18-12-27-11-17(15-4-1-3-14(9-15)10-25)22(18)30-8-7-16(26)13-30/h1-6,9,11-12,16H,7-8,13,26H2,(H,28,29)/t16-/m0/s1. The van der Waals surface area contributed by atoms with Gasteiger partial charge in [-0.3, -0.25) is 4.98 Å². The summed E-state index contributed by atoms with van der Waals surface area (Å²) in [6.45, 7) is 1.51. The van der Waals surface area contributed by atoms with Gasteiger partial charge in [0.2, 0.25) is 0 Å². The number of nitrogens with one attached hydrogen (secondary N) is 1. The Morgan fingerprint density at radius 2 is 2.00 bits per heavy atom. The lowest BCUT2D eigenvalue weighted by Crippen LogP contribution is -2.27. The zero-order chi connectivity index (χ0) is 20.7. The Balaban J connectivity index is 1.74. The summed E-state index contributed by atoms with van der Waals surface area (Å²) in [5.74, 6) is 0.182. The smallest absolute Gasteiger partial charge is 0.151 e. The quantitative estimate of drug-likeness (QED) is 0.547. The monoisotopic (exact) mass is 398 g/mol. The number of aromatic nitrogens is 3. The molecule has 0 unspecified atom stereocenters. The second kappa shape index (κ2) is 7.25. The molecule has 0 amide bonds. The molecule has 2 aromatic heterocycles. The molecule has 0 bridgehead atoms. The molecule has 2 aromatic carbocycles. The third-order valence-electron chi connectivity index (χ3n) is 5.48. The summed E-state index contributed by atoms with van der Waals surface area (Å²) >= 11 is 0. The highest BCUT2D eigenvalue weighted by atomic mass is 19.1. The number of anilines is 1. The molecule has 1 aliphatic heterocycles. The summed E-state index contributed by atoms with van der Waals surface area (Å²) in [5, 5.41) is 9.32. The molecule has 148 valence electrons. The zero-order valence-corrected chi connectivity index (χ0v) is 16.1. The number of nitrogens with two attached hydrogens (primary N) is 1. The Labute approximate surface area is 172 Å². The predicted molar refractivity (Wildman–Crippen MR) is 114 cm³/mol. The van der Waals surface area contributed by atoms with E-state index in [0.717, 1.165) is 35.3 Å². The van der Waals surface area contributed by atoms with Gasteiger partial charge in [0.25, 0.3) is 0 Å². The van der Waals surface area contributed by atoms with Crippen molar-refractivity contribution in [3.63, 3.8) is 0 Å². The highest BCUT2D eigenvalue weighted by Gasteiger charge is 2.26. The fourth-order valence-corrected chi connectivity index (χ4v) is 4.05. The van der Waals surface area contributed by atoms with Crippen LogP contribution in [0.4, 0.5) is 10.1 Å². The fourth-order valence-electron chi connectivity index (χ4n) is 4.05. The Bertz CT molecular complexity index is 1290. The highest BCUT2D eigenvalue weighted by molar-refractivity contribution is 5.91. The van der Waals surface area contributed by atoms with Gasteiger partial charge in [-0.15, -0.1) is 0 Å². The lowest BCUT2D eigenvalue weighted by Gasteiger charge is -2.24. The maximum absolute atomic E-state index is 14.2. The van der Waals surface area contributed by atoms with Gasteiger partial charge < -0.3 is 15.6 Å². The number of H-pyrrole nitrogens is 1. The number of hydrogen-bond acceptors (Lipinski definition) is 5. The Kier molecular flexibility index (Phi) is 4.42. The van der Waals surface area contributed by atoms with Gasteiger partial charge in [-0.25, -0.2) is 9.37 Å². The average Bonchev–Trinajstić information content (AvgIpc) is 3.40. The van der Waals surface area contributed by atoms with E-state index in [-0.39, 0.29) is 11.9 Å². The minimum absolute atomic E-state index is 0.0809. The molecule has 5 rings (SSSR count). The fraction of sp³-hybridized carbons (Fsp3) is 0.174. The topological polar surface area (TPSA) is 94.6 Å². The van der Waals surface area contributed by atoms with Crippen LogP contribution in [0.25, 0.3) is 33.5 Å². The molecular weight excluding hydrogens is 379 g/mol. The maximum atomic E-state index is 14.2. The molecule has 4 aromatic rings. The van der Waals surface area contributed by atoms with E-state index in [0.29, 0.717) is 29.0 Å². The van der Waals surface area contributed by atoms with Gasteiger partial charge in [0.05, 0.1) is 28.4 Å². The minimum atomic E-state index is -0.370. The average molecular weight is 398 g/mol. The number of para-hydroxylation sites is 1. The van der Waals surface area contributed by atoms with Crippen molar-refractivity contribution in [2.24, 2.45) is 5.73 Å². The number of hydrogen-bond donors (Lipinski definition) is 2. The van der Waals surface area contributed by atoms with E-state index in [1.165, 1.54) is 6.07 Å². The Morgan fingerprint density at radius 1 is 1.17 bits per heavy atom. The van der Waals surface area contributed by atoms with Crippen LogP contribution in [-0.2, 0) is 0 Å². The van der Waals surface area contributed by atoms with Crippen LogP contribution in [-0.4, -0.2) is 34.1 Å². The first-order chi connectivity index (χ1) is 14.6. The first kappa shape index (κ1) is 18.3. The highest BCUT2D eigenvalue weighted by Crippen LogP contribution is 2.40. The number of halogens is 1. The largest absolute Gasteiger partial charge is 0.369 e. The number of nitriles is 1. The van der Waals surface area contributed by atoms with Gasteiger partial charge >= 0.3 is 0 Å². The summed E-state index contributed by atoms with van der Waals surface area (Å²) in [6, 6.07) is 14.6. The van der Waals surface area contributed by atoms with Crippen LogP contribution in [0.1, 0.15) is 12.0 Å². The van der Waals surface area contributed by atoms with Crippen molar-refractivity contribution in [1.82, 2.24) is 15.0 Å². The number of nitrogens with zero attached hydrogens (tertiary/aromatic N) is 4. The van der Waals surface area contributed by atoms with E-state index in [1.54, 1.807) is 30.6 Å². The van der Waals surface area contributed by atoms with Crippen molar-refractivity contribution >= 4 is 16.7 Å². The molecule has 0 spiro atoms. The predicted octanol–water partition coefficient (Wildman–Crippen LogP) is 3.84. The third-order valence-corrected chi connectivity index (χ3v) is 5.48. The normalized spacial score (nSPS) is 16.2. The van der Waals surface area contributed by atoms with Crippen LogP contribution in [0.15, 0.2) is 54.9 Å². The van der Waals surface area contributed by atoms with E-state index in [9.17, 15) is 9.65 Å². The molecule has 3 N–H and O–H groups in total. The zero-order valence-electron chi connectivity index (χ0n) is 16.1. The SMILES string of the molecule is N#Cc1cccc(-c2cncc(-c3nc4c(F)cccc4[nH]3)c2N2CC[C@H](N)C2)c1. The molecule has 3 heterocycles. The van der Waals surface area contributed by atoms with Crippen molar-refractivity contribution in [2.45, 2.75) is 12.5 Å². The van der Waals surface area contributed by atoms with E-state index in [2.05, 4.69) is 25.9 Å². The van der Waals surface area contributed by atoms with Gasteiger partial charge in [0.1, 0.15) is 11.3 Å². The molecular formula is C23H19FN6. The van der Waals surface area contributed by atoms with Crippen LogP contribution in [0.5, 0.6) is 0 Å². The summed E-state index contributed by atoms with van der Waals surface area (Å²) in [7, 11) is 0. The Hall–Kier alpha value is -3.76. The molecule has 30 heavy (non-hydrogen) atoms. The van der Waals surface area contributed by atoms with Crippen molar-refractivity contribution in [3.8, 4) is 28.6 Å². The summed E-state index contributed by atoms with van der Waals surface area (Å²) < 4.78 is 14.2. The Morgan fingerprint density at radius 3 is 2.77 bits per heavy atom. The van der Waals surface area contributed by atoms with Crippen molar-refractivity contribution < 1.29 is 4.39 Å². The van der Waals surface area contributed by atoms with Crippen molar-refractivity contribution in [1.29, 1.82) is 5.26 Å². The number of rotatable bonds is 3. The molecule has 7 heteroatoms. The van der Waals surface area contributed by atoms with Gasteiger partial charge in [-0.05, 0) is 36.2 Å². The second-order valence-corrected chi connectivity index (χ2v) is 7.49. The molecule has 0 radical (unpaired) electrons. The number of benzene rings is 2. The first-order valence-electron chi connectivity index (χ1n) is 9.77. The van der Waals surface area contributed by atoms with E-state index < -0.39 is 0 Å². The van der Waals surface area contributed by atoms with Gasteiger partial charge in [-0.1, -0.05) is 18.2 Å². The second-order valence-electron chi connectivity index (χ2n) is 7.49. The minimum Gasteiger partial charge on any atom is -0.369 e. The molecule has 0 saturated carbocycles. The maximum Gasteiger partial charge on any atom is 0.151 e. The van der Waals surface area contributed by atoms with Crippen LogP contribution >= 0.6 is 0 Å². The van der Waals surface area contributed by atoms with Gasteiger partial charge in [0, 0.05) is 37.1 Å². The summed E-state index contributed by atoms with van der Waals surface area (Å²) in [5.41, 5.74) is 11.2. The third kappa shape index (κ3) is 3.08. The number of fused-ring (bicyclic) bond motifs is 1. The summed E-state index contributed by atoms with van der Waals surface area (Å²) in [6.07, 6.45) is 4.42. The molecule has 1 atom stereocenters. The summed E-state index contributed by atoms with van der Waals surface area (Å²) in [4.78, 5) is 14.4. The van der Waals surface area contributed by atoms with Crippen LogP contribution in [0.2, 0.25) is 0 Å². The van der Waals surface area contributed by atoms with Gasteiger partial charge in [-0.2, -0.15) is 5.26 Å². The molecule has 1 saturated heterocycles. The van der Waals surface area contributed by atoms with Crippen molar-refractivity contribution in [2.75, 3.05) is 18.0 Å². The molecule has 6 nitrogen and oxygen atoms in total. The van der Waals surface area contributed by atoms with Crippen LogP contribution < -0.4 is 10.6 Å². The molecule has 0 aliphatic carbocycles. The molecule has 1 fully saturated rings. The van der Waals surface area contributed by atoms with Crippen LogP contribution in [0.3, 0.4) is 0 Å². The van der Waals surface area contributed by atoms with Crippen molar-refractivity contribution in [3.05, 3.63) is 66.2 Å². The molecule has 1 aliphatic rings. The van der Waals surface area contributed by atoms with E-state index in [4.69, 9.17) is 5.73 Å². The number of aromatic amines is 1. The first-order valence-corrected chi connectivity index (χ1v) is 9.77. The van der Waals surface area contributed by atoms with Gasteiger partial charge in [0.15, 0.2) is 5.82 Å². The van der Waals surface area contributed by atoms with E-state index >= 15 is 0 Å². The number of imidazole rings is 1. The lowest BCUT2D eigenvalue weighted by atomic mass is 10.00. The van der Waals surface area contributed by atoms with Crippen LogP contribution in [0, 0.1) is 17.1 Å². The lowest BCUT2D eigenvalue weighted by molar-refractivity contribution is 0.637. The van der Waals surface area contributed by atoms with E-state index in [1.807, 2.05) is 18.2 Å².